The number of carbonyl (C=O) groups is 2. The van der Waals surface area contributed by atoms with Gasteiger partial charge in [-0.15, -0.1) is 0 Å². The Labute approximate surface area is 129 Å². The van der Waals surface area contributed by atoms with Crippen molar-refractivity contribution in [2.24, 2.45) is 23.7 Å². The van der Waals surface area contributed by atoms with E-state index in [2.05, 4.69) is 5.32 Å². The maximum Gasteiger partial charge on any atom is 0.228 e. The Hall–Kier alpha value is -2.04. The van der Waals surface area contributed by atoms with Crippen molar-refractivity contribution in [3.63, 3.8) is 0 Å². The smallest absolute Gasteiger partial charge is 0.228 e. The molecule has 0 unspecified atom stereocenters. The Bertz CT molecular complexity index is 613. The summed E-state index contributed by atoms with van der Waals surface area (Å²) in [6, 6.07) is 5.52. The van der Waals surface area contributed by atoms with E-state index in [0.717, 1.165) is 24.8 Å². The molecule has 0 saturated heterocycles. The fourth-order valence-corrected chi connectivity index (χ4v) is 4.14. The zero-order valence-corrected chi connectivity index (χ0v) is 12.8. The summed E-state index contributed by atoms with van der Waals surface area (Å²) in [5.41, 5.74) is 1.59. The molecule has 22 heavy (non-hydrogen) atoms. The van der Waals surface area contributed by atoms with E-state index < -0.39 is 17.8 Å². The third-order valence-electron chi connectivity index (χ3n) is 5.10. The SMILES string of the molecule is COc1ccc(C)cc1NC(=O)[C@@H]1[C@@H]2CC[C@@H](C2)[C@@H]1C(=O)[O-]. The molecule has 0 heterocycles. The summed E-state index contributed by atoms with van der Waals surface area (Å²) in [5.74, 6) is -1.65. The first-order chi connectivity index (χ1) is 10.5. The lowest BCUT2D eigenvalue weighted by Crippen LogP contribution is -2.44. The van der Waals surface area contributed by atoms with E-state index in [1.165, 1.54) is 0 Å². The minimum Gasteiger partial charge on any atom is -0.550 e. The van der Waals surface area contributed by atoms with Crippen LogP contribution >= 0.6 is 0 Å². The van der Waals surface area contributed by atoms with Crippen LogP contribution in [0.15, 0.2) is 18.2 Å². The topological polar surface area (TPSA) is 78.5 Å². The number of carbonyl (C=O) groups excluding carboxylic acids is 2. The molecule has 0 radical (unpaired) electrons. The number of fused-ring (bicyclic) bond motifs is 2. The van der Waals surface area contributed by atoms with Crippen molar-refractivity contribution >= 4 is 17.6 Å². The number of rotatable bonds is 4. The van der Waals surface area contributed by atoms with Gasteiger partial charge in [0.15, 0.2) is 0 Å². The summed E-state index contributed by atoms with van der Waals surface area (Å²) in [6.45, 7) is 1.93. The van der Waals surface area contributed by atoms with Crippen molar-refractivity contribution in [3.05, 3.63) is 23.8 Å². The molecule has 0 aromatic heterocycles. The Morgan fingerprint density at radius 2 is 1.91 bits per heavy atom. The van der Waals surface area contributed by atoms with Gasteiger partial charge in [0.1, 0.15) is 5.75 Å². The average Bonchev–Trinajstić information content (AvgIpc) is 3.08. The van der Waals surface area contributed by atoms with Crippen LogP contribution in [0.1, 0.15) is 24.8 Å². The summed E-state index contributed by atoms with van der Waals surface area (Å²) >= 11 is 0. The van der Waals surface area contributed by atoms with Gasteiger partial charge in [0.05, 0.1) is 12.8 Å². The number of methoxy groups -OCH3 is 1. The van der Waals surface area contributed by atoms with E-state index in [1.54, 1.807) is 13.2 Å². The summed E-state index contributed by atoms with van der Waals surface area (Å²) in [7, 11) is 1.54. The molecule has 2 aliphatic rings. The third kappa shape index (κ3) is 2.45. The molecule has 1 aromatic carbocycles. The van der Waals surface area contributed by atoms with Gasteiger partial charge in [-0.05, 0) is 55.7 Å². The van der Waals surface area contributed by atoms with Crippen molar-refractivity contribution in [2.45, 2.75) is 26.2 Å². The van der Waals surface area contributed by atoms with Gasteiger partial charge in [0.25, 0.3) is 0 Å². The molecule has 4 atom stereocenters. The maximum absolute atomic E-state index is 12.6. The second kappa shape index (κ2) is 5.63. The monoisotopic (exact) mass is 302 g/mol. The van der Waals surface area contributed by atoms with E-state index >= 15 is 0 Å². The van der Waals surface area contributed by atoms with Crippen molar-refractivity contribution < 1.29 is 19.4 Å². The molecule has 118 valence electrons. The minimum atomic E-state index is -1.09. The first-order valence-electron chi connectivity index (χ1n) is 7.67. The van der Waals surface area contributed by atoms with Crippen molar-refractivity contribution in [1.29, 1.82) is 0 Å². The fourth-order valence-electron chi connectivity index (χ4n) is 4.14. The van der Waals surface area contributed by atoms with Crippen LogP contribution in [0.25, 0.3) is 0 Å². The highest BCUT2D eigenvalue weighted by atomic mass is 16.5. The number of ether oxygens (including phenoxy) is 1. The van der Waals surface area contributed by atoms with Gasteiger partial charge >= 0.3 is 0 Å². The van der Waals surface area contributed by atoms with Crippen LogP contribution in [0.3, 0.4) is 0 Å². The van der Waals surface area contributed by atoms with Crippen LogP contribution in [0.2, 0.25) is 0 Å². The van der Waals surface area contributed by atoms with Crippen LogP contribution < -0.4 is 15.2 Å². The first kappa shape index (κ1) is 14.9. The molecular formula is C17H20NO4-. The Kier molecular flexibility index (Phi) is 3.81. The molecule has 0 aliphatic heterocycles. The second-order valence-corrected chi connectivity index (χ2v) is 6.40. The number of amides is 1. The Morgan fingerprint density at radius 1 is 1.23 bits per heavy atom. The molecule has 3 rings (SSSR count). The fraction of sp³-hybridized carbons (Fsp3) is 0.529. The van der Waals surface area contributed by atoms with Crippen molar-refractivity contribution in [1.82, 2.24) is 0 Å². The van der Waals surface area contributed by atoms with Gasteiger partial charge in [-0.2, -0.15) is 0 Å². The lowest BCUT2D eigenvalue weighted by molar-refractivity contribution is -0.314. The van der Waals surface area contributed by atoms with Gasteiger partial charge in [-0.3, -0.25) is 4.79 Å². The molecule has 1 amide bonds. The molecule has 0 spiro atoms. The number of aryl methyl sites for hydroxylation is 1. The van der Waals surface area contributed by atoms with Gasteiger partial charge in [-0.25, -0.2) is 0 Å². The van der Waals surface area contributed by atoms with Crippen LogP contribution in [-0.4, -0.2) is 19.0 Å². The number of nitrogens with one attached hydrogen (secondary N) is 1. The number of benzene rings is 1. The number of hydrogen-bond donors (Lipinski definition) is 1. The molecule has 2 aliphatic carbocycles. The van der Waals surface area contributed by atoms with Crippen LogP contribution in [-0.2, 0) is 9.59 Å². The standard InChI is InChI=1S/C17H21NO4/c1-9-3-6-13(22-2)12(7-9)18-16(19)14-10-4-5-11(8-10)15(14)17(20)21/h3,6-7,10-11,14-15H,4-5,8H2,1-2H3,(H,18,19)(H,20,21)/p-1/t10-,11+,14-,15+/m1/s1. The highest BCUT2D eigenvalue weighted by Gasteiger charge is 2.51. The summed E-state index contributed by atoms with van der Waals surface area (Å²) in [5, 5.41) is 14.3. The predicted octanol–water partition coefficient (Wildman–Crippen LogP) is 1.35. The van der Waals surface area contributed by atoms with Gasteiger partial charge in [0, 0.05) is 17.8 Å². The lowest BCUT2D eigenvalue weighted by atomic mass is 9.78. The zero-order valence-electron chi connectivity index (χ0n) is 12.8. The minimum absolute atomic E-state index is 0.0881. The predicted molar refractivity (Wildman–Crippen MR) is 79.2 cm³/mol. The summed E-state index contributed by atoms with van der Waals surface area (Å²) in [6.07, 6.45) is 2.64. The molecule has 2 saturated carbocycles. The molecule has 2 fully saturated rings. The van der Waals surface area contributed by atoms with Gasteiger partial charge in [0.2, 0.25) is 5.91 Å². The molecule has 5 nitrogen and oxygen atoms in total. The van der Waals surface area contributed by atoms with Crippen molar-refractivity contribution in [3.8, 4) is 5.75 Å². The van der Waals surface area contributed by atoms with E-state index in [0.29, 0.717) is 11.4 Å². The Balaban J connectivity index is 1.82. The molecule has 2 bridgehead atoms. The highest BCUT2D eigenvalue weighted by Crippen LogP contribution is 2.52. The van der Waals surface area contributed by atoms with Crippen LogP contribution in [0.5, 0.6) is 5.75 Å². The highest BCUT2D eigenvalue weighted by molar-refractivity contribution is 5.97. The van der Waals surface area contributed by atoms with E-state index in [9.17, 15) is 14.7 Å². The number of anilines is 1. The maximum atomic E-state index is 12.6. The van der Waals surface area contributed by atoms with Gasteiger partial charge in [-0.1, -0.05) is 6.07 Å². The first-order valence-corrected chi connectivity index (χ1v) is 7.67. The normalized spacial score (nSPS) is 29.4. The number of hydrogen-bond acceptors (Lipinski definition) is 4. The van der Waals surface area contributed by atoms with E-state index in [1.807, 2.05) is 19.1 Å². The summed E-state index contributed by atoms with van der Waals surface area (Å²) in [4.78, 5) is 24.1. The average molecular weight is 302 g/mol. The molecule has 1 aromatic rings. The molecule has 5 heteroatoms. The van der Waals surface area contributed by atoms with Crippen molar-refractivity contribution in [2.75, 3.05) is 12.4 Å². The van der Waals surface area contributed by atoms with E-state index in [-0.39, 0.29) is 17.7 Å². The summed E-state index contributed by atoms with van der Waals surface area (Å²) < 4.78 is 5.26. The number of carboxylic acid groups (broad SMARTS) is 1. The Morgan fingerprint density at radius 3 is 2.55 bits per heavy atom. The zero-order chi connectivity index (χ0) is 15.9. The molecular weight excluding hydrogens is 282 g/mol. The third-order valence-corrected chi connectivity index (χ3v) is 5.10. The second-order valence-electron chi connectivity index (χ2n) is 6.40. The van der Waals surface area contributed by atoms with Crippen LogP contribution in [0, 0.1) is 30.6 Å². The van der Waals surface area contributed by atoms with E-state index in [4.69, 9.17) is 4.74 Å². The van der Waals surface area contributed by atoms with Gasteiger partial charge < -0.3 is 20.0 Å². The van der Waals surface area contributed by atoms with Crippen LogP contribution in [0.4, 0.5) is 5.69 Å². The quantitative estimate of drug-likeness (QED) is 0.910. The molecule has 1 N–H and O–H groups in total. The number of aliphatic carboxylic acids is 1. The number of carboxylic acids is 1. The lowest BCUT2D eigenvalue weighted by Gasteiger charge is -2.30. The largest absolute Gasteiger partial charge is 0.550 e.